The van der Waals surface area contributed by atoms with Gasteiger partial charge in [0.25, 0.3) is 0 Å². The van der Waals surface area contributed by atoms with Crippen LogP contribution in [-0.2, 0) is 19.7 Å². The molecule has 1 spiro atoms. The molecule has 6 rings (SSSR count). The molecular formula is C25H28NO3+. The van der Waals surface area contributed by atoms with E-state index in [4.69, 9.17) is 9.47 Å². The van der Waals surface area contributed by atoms with Crippen LogP contribution in [0.4, 0.5) is 0 Å². The summed E-state index contributed by atoms with van der Waals surface area (Å²) in [6.07, 6.45) is 2.32. The quantitative estimate of drug-likeness (QED) is 0.457. The molecule has 29 heavy (non-hydrogen) atoms. The summed E-state index contributed by atoms with van der Waals surface area (Å²) in [7, 11) is 4.65. The van der Waals surface area contributed by atoms with Crippen LogP contribution in [0.25, 0.3) is 0 Å². The second-order valence-electron chi connectivity index (χ2n) is 9.99. The number of hydrogen-bond donors (Lipinski definition) is 0. The number of hydrogen-bond acceptors (Lipinski definition) is 3. The highest BCUT2D eigenvalue weighted by Gasteiger charge is 2.97. The van der Waals surface area contributed by atoms with E-state index in [2.05, 4.69) is 14.1 Å². The fraction of sp³-hybridized carbons (Fsp3) is 0.480. The van der Waals surface area contributed by atoms with E-state index in [-0.39, 0.29) is 17.7 Å². The first-order valence-electron chi connectivity index (χ1n) is 10.7. The van der Waals surface area contributed by atoms with Crippen LogP contribution in [0.5, 0.6) is 0 Å². The standard InChI is InChI=1S/C25H28NO3/c1-24(16-10-6-4-7-11-16,17-12-8-5-9-13-17)23(27)28-18-14-19-21-22-25(21,29-22)20(15-18)26(19,2)3/h4-13,18-22H,14-15H2,1-3H3/q+1/t18-,19?,20?,21?,22-,25+/m0/s1. The van der Waals surface area contributed by atoms with Crippen molar-refractivity contribution in [2.45, 2.75) is 55.1 Å². The molecule has 3 unspecified atom stereocenters. The van der Waals surface area contributed by atoms with Crippen molar-refractivity contribution < 1.29 is 18.8 Å². The van der Waals surface area contributed by atoms with Crippen LogP contribution in [0.1, 0.15) is 30.9 Å². The molecule has 1 saturated carbocycles. The minimum absolute atomic E-state index is 0.0255. The Labute approximate surface area is 172 Å². The number of fused-ring (bicyclic) bond motifs is 4. The number of carbonyl (C=O) groups excluding carboxylic acids is 1. The zero-order chi connectivity index (χ0) is 20.0. The number of esters is 1. The zero-order valence-electron chi connectivity index (χ0n) is 17.2. The molecule has 150 valence electrons. The molecule has 2 bridgehead atoms. The van der Waals surface area contributed by atoms with E-state index in [1.165, 1.54) is 0 Å². The van der Waals surface area contributed by atoms with E-state index in [9.17, 15) is 4.79 Å². The molecule has 4 heteroatoms. The van der Waals surface area contributed by atoms with Gasteiger partial charge in [0.2, 0.25) is 0 Å². The predicted octanol–water partition coefficient (Wildman–Crippen LogP) is 3.29. The molecule has 4 fully saturated rings. The topological polar surface area (TPSA) is 38.8 Å². The third-order valence-electron chi connectivity index (χ3n) is 8.42. The molecule has 4 aliphatic rings. The molecular weight excluding hydrogens is 362 g/mol. The largest absolute Gasteiger partial charge is 0.461 e. The van der Waals surface area contributed by atoms with Crippen molar-refractivity contribution in [3.63, 3.8) is 0 Å². The van der Waals surface area contributed by atoms with Crippen molar-refractivity contribution in [1.29, 1.82) is 0 Å². The summed E-state index contributed by atoms with van der Waals surface area (Å²) < 4.78 is 13.3. The second-order valence-corrected chi connectivity index (χ2v) is 9.99. The Balaban J connectivity index is 1.29. The third kappa shape index (κ3) is 2.14. The Kier molecular flexibility index (Phi) is 3.35. The molecule has 2 aromatic carbocycles. The molecule has 3 saturated heterocycles. The SMILES string of the molecule is CC(C(=O)O[C@H]1CC2C3[C@@H]4O[C@]34C(C1)[N+]2(C)C)(c1ccccc1)c1ccccc1. The number of piperidine rings is 2. The molecule has 6 atom stereocenters. The summed E-state index contributed by atoms with van der Waals surface area (Å²) >= 11 is 0. The summed E-state index contributed by atoms with van der Waals surface area (Å²) in [6, 6.07) is 21.0. The van der Waals surface area contributed by atoms with Gasteiger partial charge >= 0.3 is 5.97 Å². The van der Waals surface area contributed by atoms with E-state index in [0.29, 0.717) is 24.1 Å². The molecule has 0 aromatic heterocycles. The lowest BCUT2D eigenvalue weighted by Crippen LogP contribution is -2.60. The van der Waals surface area contributed by atoms with Gasteiger partial charge in [0.1, 0.15) is 29.7 Å². The lowest BCUT2D eigenvalue weighted by molar-refractivity contribution is -0.936. The Hall–Kier alpha value is -2.17. The van der Waals surface area contributed by atoms with Crippen LogP contribution < -0.4 is 0 Å². The van der Waals surface area contributed by atoms with Crippen molar-refractivity contribution in [2.75, 3.05) is 14.1 Å². The van der Waals surface area contributed by atoms with Gasteiger partial charge in [-0.25, -0.2) is 0 Å². The maximum Gasteiger partial charge on any atom is 0.321 e. The lowest BCUT2D eigenvalue weighted by atomic mass is 9.76. The van der Waals surface area contributed by atoms with Crippen molar-refractivity contribution in [3.05, 3.63) is 71.8 Å². The van der Waals surface area contributed by atoms with Gasteiger partial charge in [-0.1, -0.05) is 60.7 Å². The molecule has 0 amide bonds. The van der Waals surface area contributed by atoms with Crippen LogP contribution in [0.2, 0.25) is 0 Å². The Morgan fingerprint density at radius 2 is 1.62 bits per heavy atom. The van der Waals surface area contributed by atoms with Gasteiger partial charge in [0.05, 0.1) is 20.0 Å². The van der Waals surface area contributed by atoms with E-state index < -0.39 is 5.41 Å². The predicted molar refractivity (Wildman–Crippen MR) is 109 cm³/mol. The van der Waals surface area contributed by atoms with Gasteiger partial charge in [0.15, 0.2) is 5.60 Å². The highest BCUT2D eigenvalue weighted by molar-refractivity contribution is 5.87. The maximum absolute atomic E-state index is 13.7. The number of likely N-dealkylation sites (N-methyl/N-ethyl adjacent to an activating group) is 1. The van der Waals surface area contributed by atoms with E-state index in [0.717, 1.165) is 28.5 Å². The summed E-state index contributed by atoms with van der Waals surface area (Å²) in [5.41, 5.74) is 1.25. The molecule has 0 N–H and O–H groups in total. The van der Waals surface area contributed by atoms with Crippen molar-refractivity contribution in [2.24, 2.45) is 5.92 Å². The Morgan fingerprint density at radius 3 is 2.14 bits per heavy atom. The van der Waals surface area contributed by atoms with Gasteiger partial charge in [-0.05, 0) is 18.1 Å². The van der Waals surface area contributed by atoms with E-state index >= 15 is 0 Å². The van der Waals surface area contributed by atoms with Crippen molar-refractivity contribution in [1.82, 2.24) is 0 Å². The maximum atomic E-state index is 13.7. The number of nitrogens with zero attached hydrogens (tertiary/aromatic N) is 1. The summed E-state index contributed by atoms with van der Waals surface area (Å²) in [5.74, 6) is 0.534. The van der Waals surface area contributed by atoms with Crippen molar-refractivity contribution >= 4 is 5.97 Å². The Bertz CT molecular complexity index is 933. The minimum atomic E-state index is -0.816. The lowest BCUT2D eigenvalue weighted by Gasteiger charge is -2.45. The minimum Gasteiger partial charge on any atom is -0.461 e. The normalized spacial score (nSPS) is 38.0. The average molecular weight is 391 g/mol. The number of ether oxygens (including phenoxy) is 2. The van der Waals surface area contributed by atoms with Crippen molar-refractivity contribution in [3.8, 4) is 0 Å². The average Bonchev–Trinajstić information content (AvgIpc) is 3.60. The molecule has 3 aliphatic heterocycles. The number of benzene rings is 2. The first-order chi connectivity index (χ1) is 13.9. The molecule has 3 heterocycles. The summed E-state index contributed by atoms with van der Waals surface area (Å²) in [5, 5.41) is 0. The highest BCUT2D eigenvalue weighted by atomic mass is 16.7. The molecule has 2 aromatic rings. The fourth-order valence-electron chi connectivity index (χ4n) is 6.60. The zero-order valence-corrected chi connectivity index (χ0v) is 17.2. The van der Waals surface area contributed by atoms with Gasteiger partial charge in [-0.15, -0.1) is 0 Å². The van der Waals surface area contributed by atoms with Gasteiger partial charge in [0, 0.05) is 12.8 Å². The van der Waals surface area contributed by atoms with Gasteiger partial charge in [-0.2, -0.15) is 0 Å². The van der Waals surface area contributed by atoms with Gasteiger partial charge in [-0.3, -0.25) is 4.79 Å². The highest BCUT2D eigenvalue weighted by Crippen LogP contribution is 2.77. The number of rotatable bonds is 4. The van der Waals surface area contributed by atoms with Crippen LogP contribution in [0, 0.1) is 5.92 Å². The van der Waals surface area contributed by atoms with Crippen LogP contribution >= 0.6 is 0 Å². The molecule has 1 aliphatic carbocycles. The van der Waals surface area contributed by atoms with Crippen LogP contribution in [-0.4, -0.2) is 54.4 Å². The first kappa shape index (κ1) is 17.7. The summed E-state index contributed by atoms with van der Waals surface area (Å²) in [4.78, 5) is 13.7. The van der Waals surface area contributed by atoms with Crippen LogP contribution in [0.15, 0.2) is 60.7 Å². The number of epoxide rings is 1. The summed E-state index contributed by atoms with van der Waals surface area (Å²) in [6.45, 7) is 1.99. The van der Waals surface area contributed by atoms with Crippen LogP contribution in [0.3, 0.4) is 0 Å². The number of quaternary nitrogens is 1. The molecule has 0 radical (unpaired) electrons. The third-order valence-corrected chi connectivity index (χ3v) is 8.42. The fourth-order valence-corrected chi connectivity index (χ4v) is 6.60. The monoisotopic (exact) mass is 390 g/mol. The van der Waals surface area contributed by atoms with Gasteiger partial charge < -0.3 is 14.0 Å². The van der Waals surface area contributed by atoms with E-state index in [1.54, 1.807) is 0 Å². The Morgan fingerprint density at radius 1 is 1.03 bits per heavy atom. The second kappa shape index (κ2) is 5.50. The first-order valence-corrected chi connectivity index (χ1v) is 10.7. The molecule has 4 nitrogen and oxygen atoms in total. The smallest absolute Gasteiger partial charge is 0.321 e. The number of carbonyl (C=O) groups is 1. The van der Waals surface area contributed by atoms with E-state index in [1.807, 2.05) is 67.6 Å².